The minimum Gasteiger partial charge on any atom is -0.493 e. The van der Waals surface area contributed by atoms with Crippen LogP contribution in [0.4, 0.5) is 0 Å². The van der Waals surface area contributed by atoms with E-state index in [1.54, 1.807) is 30.3 Å². The van der Waals surface area contributed by atoms with E-state index in [2.05, 4.69) is 4.98 Å². The van der Waals surface area contributed by atoms with Crippen LogP contribution in [-0.2, 0) is 16.1 Å². The summed E-state index contributed by atoms with van der Waals surface area (Å²) in [5.74, 6) is 0.834. The van der Waals surface area contributed by atoms with E-state index in [-0.39, 0.29) is 19.3 Å². The molecule has 1 heterocycles. The number of carbonyl (C=O) groups is 1. The number of para-hydroxylation sites is 2. The third-order valence-electron chi connectivity index (χ3n) is 4.24. The zero-order valence-corrected chi connectivity index (χ0v) is 17.5. The second kappa shape index (κ2) is 10.5. The summed E-state index contributed by atoms with van der Waals surface area (Å²) in [5, 5.41) is 0.383. The lowest BCUT2D eigenvalue weighted by Crippen LogP contribution is -2.15. The molecule has 0 fully saturated rings. The third kappa shape index (κ3) is 5.87. The molecule has 0 bridgehead atoms. The van der Waals surface area contributed by atoms with Crippen LogP contribution in [0.3, 0.4) is 0 Å². The van der Waals surface area contributed by atoms with E-state index in [9.17, 15) is 4.79 Å². The number of esters is 1. The number of ether oxygens (including phenoxy) is 4. The molecule has 0 saturated heterocycles. The monoisotopic (exact) mass is 427 g/mol. The average molecular weight is 428 g/mol. The molecule has 0 N–H and O–H groups in total. The summed E-state index contributed by atoms with van der Waals surface area (Å²) < 4.78 is 21.8. The van der Waals surface area contributed by atoms with Gasteiger partial charge in [0.1, 0.15) is 18.4 Å². The van der Waals surface area contributed by atoms with E-state index in [0.29, 0.717) is 28.1 Å². The van der Waals surface area contributed by atoms with Crippen molar-refractivity contribution < 1.29 is 23.7 Å². The lowest BCUT2D eigenvalue weighted by atomic mass is 10.1. The Hall–Kier alpha value is -3.25. The molecular weight excluding hydrogens is 406 g/mol. The molecule has 0 spiro atoms. The summed E-state index contributed by atoms with van der Waals surface area (Å²) in [4.78, 5) is 16.4. The molecule has 3 aromatic rings. The van der Waals surface area contributed by atoms with Crippen LogP contribution in [0.15, 0.2) is 66.7 Å². The minimum absolute atomic E-state index is 0.0934. The first kappa shape index (κ1) is 21.5. The zero-order valence-electron chi connectivity index (χ0n) is 16.7. The van der Waals surface area contributed by atoms with Gasteiger partial charge in [-0.2, -0.15) is 0 Å². The molecule has 156 valence electrons. The zero-order chi connectivity index (χ0) is 21.3. The molecule has 1 atom stereocenters. The number of hydrogen-bond acceptors (Lipinski definition) is 6. The molecule has 2 aromatic carbocycles. The van der Waals surface area contributed by atoms with Crippen molar-refractivity contribution in [2.75, 3.05) is 13.7 Å². The first-order chi connectivity index (χ1) is 14.6. The van der Waals surface area contributed by atoms with Gasteiger partial charge in [0.05, 0.1) is 12.1 Å². The predicted octanol–water partition coefficient (Wildman–Crippen LogP) is 5.01. The Bertz CT molecular complexity index is 980. The molecule has 0 aliphatic carbocycles. The van der Waals surface area contributed by atoms with Crippen LogP contribution in [0.1, 0.15) is 24.3 Å². The molecule has 30 heavy (non-hydrogen) atoms. The van der Waals surface area contributed by atoms with Crippen molar-refractivity contribution in [2.24, 2.45) is 0 Å². The molecule has 1 unspecified atom stereocenters. The minimum atomic E-state index is -0.553. The highest BCUT2D eigenvalue weighted by Gasteiger charge is 2.13. The average Bonchev–Trinajstić information content (AvgIpc) is 2.78. The van der Waals surface area contributed by atoms with Crippen LogP contribution in [0.2, 0.25) is 5.02 Å². The second-order valence-corrected chi connectivity index (χ2v) is 6.76. The number of halogens is 1. The summed E-state index contributed by atoms with van der Waals surface area (Å²) >= 11 is 6.19. The Morgan fingerprint density at radius 2 is 1.70 bits per heavy atom. The predicted molar refractivity (Wildman–Crippen MR) is 113 cm³/mol. The van der Waals surface area contributed by atoms with Gasteiger partial charge in [0.15, 0.2) is 18.1 Å². The second-order valence-electron chi connectivity index (χ2n) is 6.35. The van der Waals surface area contributed by atoms with Crippen LogP contribution in [0, 0.1) is 0 Å². The number of nitrogens with zero attached hydrogens (tertiary/aromatic N) is 1. The third-order valence-corrected chi connectivity index (χ3v) is 4.59. The van der Waals surface area contributed by atoms with E-state index in [0.717, 1.165) is 5.56 Å². The topological polar surface area (TPSA) is 66.9 Å². The molecule has 1 aromatic heterocycles. The summed E-state index contributed by atoms with van der Waals surface area (Å²) in [5.41, 5.74) is 1.43. The van der Waals surface area contributed by atoms with E-state index in [1.807, 2.05) is 43.3 Å². The molecule has 7 heteroatoms. The van der Waals surface area contributed by atoms with Crippen molar-refractivity contribution >= 4 is 17.6 Å². The summed E-state index contributed by atoms with van der Waals surface area (Å²) in [6, 6.07) is 20.2. The normalized spacial score (nSPS) is 11.4. The van der Waals surface area contributed by atoms with Crippen LogP contribution >= 0.6 is 11.6 Å². The van der Waals surface area contributed by atoms with Gasteiger partial charge in [-0.3, -0.25) is 0 Å². The van der Waals surface area contributed by atoms with Crippen molar-refractivity contribution in [3.05, 3.63) is 83.0 Å². The van der Waals surface area contributed by atoms with E-state index in [1.165, 1.54) is 7.11 Å². The largest absolute Gasteiger partial charge is 0.493 e. The number of carbonyl (C=O) groups excluding carboxylic acids is 1. The SMILES string of the molecule is COc1ccccc1OCC(=O)OCc1nc(OC(C)c2ccccc2)ccc1Cl. The van der Waals surface area contributed by atoms with Gasteiger partial charge in [-0.05, 0) is 30.7 Å². The lowest BCUT2D eigenvalue weighted by Gasteiger charge is -2.15. The molecule has 0 radical (unpaired) electrons. The molecular formula is C23H22ClNO5. The van der Waals surface area contributed by atoms with Gasteiger partial charge in [-0.25, -0.2) is 9.78 Å². The van der Waals surface area contributed by atoms with Crippen molar-refractivity contribution in [2.45, 2.75) is 19.6 Å². The maximum absolute atomic E-state index is 12.1. The van der Waals surface area contributed by atoms with Gasteiger partial charge in [0.25, 0.3) is 0 Å². The quantitative estimate of drug-likeness (QED) is 0.447. The Morgan fingerprint density at radius 3 is 2.43 bits per heavy atom. The number of pyridine rings is 1. The summed E-state index contributed by atoms with van der Waals surface area (Å²) in [7, 11) is 1.53. The van der Waals surface area contributed by atoms with Crippen LogP contribution < -0.4 is 14.2 Å². The first-order valence-electron chi connectivity index (χ1n) is 9.35. The Labute approximate surface area is 180 Å². The molecule has 0 saturated carbocycles. The smallest absolute Gasteiger partial charge is 0.344 e. The highest BCUT2D eigenvalue weighted by Crippen LogP contribution is 2.26. The first-order valence-corrected chi connectivity index (χ1v) is 9.73. The van der Waals surface area contributed by atoms with Gasteiger partial charge in [-0.1, -0.05) is 54.1 Å². The van der Waals surface area contributed by atoms with Crippen LogP contribution in [-0.4, -0.2) is 24.7 Å². The van der Waals surface area contributed by atoms with Gasteiger partial charge < -0.3 is 18.9 Å². The molecule has 3 rings (SSSR count). The van der Waals surface area contributed by atoms with E-state index < -0.39 is 5.97 Å². The molecule has 6 nitrogen and oxygen atoms in total. The number of rotatable bonds is 9. The molecule has 0 amide bonds. The fraction of sp³-hybridized carbons (Fsp3) is 0.217. The van der Waals surface area contributed by atoms with Crippen molar-refractivity contribution in [3.63, 3.8) is 0 Å². The van der Waals surface area contributed by atoms with Crippen molar-refractivity contribution in [1.29, 1.82) is 0 Å². The van der Waals surface area contributed by atoms with E-state index in [4.69, 9.17) is 30.5 Å². The highest BCUT2D eigenvalue weighted by molar-refractivity contribution is 6.31. The maximum atomic E-state index is 12.1. The van der Waals surface area contributed by atoms with Gasteiger partial charge in [0.2, 0.25) is 5.88 Å². The fourth-order valence-corrected chi connectivity index (χ4v) is 2.83. The standard InChI is InChI=1S/C23H22ClNO5/c1-16(17-8-4-3-5-9-17)30-22-13-12-18(24)19(25-22)14-29-23(26)15-28-21-11-7-6-10-20(21)27-2/h3-13,16H,14-15H2,1-2H3. The molecule has 0 aliphatic rings. The highest BCUT2D eigenvalue weighted by atomic mass is 35.5. The fourth-order valence-electron chi connectivity index (χ4n) is 2.67. The van der Waals surface area contributed by atoms with Gasteiger partial charge in [-0.15, -0.1) is 0 Å². The van der Waals surface area contributed by atoms with Gasteiger partial charge >= 0.3 is 5.97 Å². The van der Waals surface area contributed by atoms with E-state index >= 15 is 0 Å². The number of hydrogen-bond donors (Lipinski definition) is 0. The number of aromatic nitrogens is 1. The summed E-state index contributed by atoms with van der Waals surface area (Å²) in [6.45, 7) is 1.57. The van der Waals surface area contributed by atoms with Crippen molar-refractivity contribution in [3.8, 4) is 17.4 Å². The van der Waals surface area contributed by atoms with Crippen molar-refractivity contribution in [1.82, 2.24) is 4.98 Å². The maximum Gasteiger partial charge on any atom is 0.344 e. The van der Waals surface area contributed by atoms with Crippen LogP contribution in [0.25, 0.3) is 0 Å². The Morgan fingerprint density at radius 1 is 1.00 bits per heavy atom. The Kier molecular flexibility index (Phi) is 7.51. The summed E-state index contributed by atoms with van der Waals surface area (Å²) in [6.07, 6.45) is -0.190. The lowest BCUT2D eigenvalue weighted by molar-refractivity contribution is -0.147. The number of methoxy groups -OCH3 is 1. The molecule has 0 aliphatic heterocycles. The Balaban J connectivity index is 1.55. The van der Waals surface area contributed by atoms with Gasteiger partial charge in [0, 0.05) is 6.07 Å². The van der Waals surface area contributed by atoms with Crippen LogP contribution in [0.5, 0.6) is 17.4 Å². The number of benzene rings is 2.